The van der Waals surface area contributed by atoms with Gasteiger partial charge in [0.05, 0.1) is 0 Å². The highest BCUT2D eigenvalue weighted by molar-refractivity contribution is 8.06. The van der Waals surface area contributed by atoms with Gasteiger partial charge in [-0.15, -0.1) is 0 Å². The molecule has 3 rings (SSSR count). The Hall–Kier alpha value is 0.660. The van der Waals surface area contributed by atoms with E-state index in [-0.39, 0.29) is 0 Å². The molecule has 1 nitrogen and oxygen atoms in total. The van der Waals surface area contributed by atoms with Gasteiger partial charge in [0, 0.05) is 28.6 Å². The van der Waals surface area contributed by atoms with E-state index in [4.69, 9.17) is 0 Å². The van der Waals surface area contributed by atoms with Crippen LogP contribution in [0.1, 0.15) is 32.1 Å². The molecule has 0 aromatic rings. The van der Waals surface area contributed by atoms with E-state index in [2.05, 4.69) is 35.9 Å². The van der Waals surface area contributed by atoms with Crippen LogP contribution in [-0.4, -0.2) is 35.6 Å². The maximum Gasteiger partial charge on any atom is 0.0291 e. The van der Waals surface area contributed by atoms with Crippen LogP contribution in [0, 0.1) is 17.8 Å². The average Bonchev–Trinajstić information content (AvgIpc) is 2.99. The van der Waals surface area contributed by atoms with Gasteiger partial charge in [0.25, 0.3) is 0 Å². The first-order valence-corrected chi connectivity index (χ1v) is 9.43. The van der Waals surface area contributed by atoms with E-state index in [1.807, 2.05) is 0 Å². The Morgan fingerprint density at radius 3 is 2.76 bits per heavy atom. The van der Waals surface area contributed by atoms with Gasteiger partial charge in [-0.05, 0) is 50.5 Å². The number of thioether (sulfide) groups is 2. The van der Waals surface area contributed by atoms with Crippen LogP contribution >= 0.6 is 23.5 Å². The molecule has 2 saturated carbocycles. The van der Waals surface area contributed by atoms with E-state index in [1.54, 1.807) is 25.7 Å². The molecule has 0 spiro atoms. The maximum absolute atomic E-state index is 3.62. The molecule has 0 aromatic carbocycles. The molecule has 2 aliphatic carbocycles. The molecule has 1 N–H and O–H groups in total. The van der Waals surface area contributed by atoms with E-state index in [0.717, 1.165) is 29.0 Å². The topological polar surface area (TPSA) is 12.0 Å². The van der Waals surface area contributed by atoms with Gasteiger partial charge in [0.1, 0.15) is 0 Å². The lowest BCUT2D eigenvalue weighted by Gasteiger charge is -2.33. The lowest BCUT2D eigenvalue weighted by Crippen LogP contribution is -2.41. The molecule has 98 valence electrons. The molecule has 1 aliphatic heterocycles. The van der Waals surface area contributed by atoms with Crippen LogP contribution in [0.2, 0.25) is 0 Å². The summed E-state index contributed by atoms with van der Waals surface area (Å²) in [6, 6.07) is 0.775. The standard InChI is InChI=1S/C14H25NS2/c1-15-13(14-9-16-4-5-17-14)8-12-7-10-2-3-11(12)6-10/h10-15H,2-9H2,1H3. The first kappa shape index (κ1) is 12.7. The summed E-state index contributed by atoms with van der Waals surface area (Å²) in [6.45, 7) is 0. The van der Waals surface area contributed by atoms with Crippen molar-refractivity contribution in [2.24, 2.45) is 17.8 Å². The number of nitrogens with one attached hydrogen (secondary N) is 1. The van der Waals surface area contributed by atoms with Crippen LogP contribution < -0.4 is 5.32 Å². The fourth-order valence-corrected chi connectivity index (χ4v) is 7.13. The summed E-state index contributed by atoms with van der Waals surface area (Å²) in [7, 11) is 2.18. The second-order valence-electron chi connectivity index (χ2n) is 6.05. The van der Waals surface area contributed by atoms with E-state index >= 15 is 0 Å². The molecule has 3 fully saturated rings. The van der Waals surface area contributed by atoms with E-state index in [0.29, 0.717) is 0 Å². The summed E-state index contributed by atoms with van der Waals surface area (Å²) < 4.78 is 0. The Morgan fingerprint density at radius 1 is 1.24 bits per heavy atom. The highest BCUT2D eigenvalue weighted by atomic mass is 32.2. The van der Waals surface area contributed by atoms with Crippen molar-refractivity contribution in [1.82, 2.24) is 5.32 Å². The van der Waals surface area contributed by atoms with Gasteiger partial charge in [-0.1, -0.05) is 6.42 Å². The predicted octanol–water partition coefficient (Wildman–Crippen LogP) is 3.25. The summed E-state index contributed by atoms with van der Waals surface area (Å²) in [6.07, 6.45) is 7.65. The van der Waals surface area contributed by atoms with Gasteiger partial charge in [0.2, 0.25) is 0 Å². The normalized spacial score (nSPS) is 42.9. The van der Waals surface area contributed by atoms with Crippen molar-refractivity contribution in [1.29, 1.82) is 0 Å². The van der Waals surface area contributed by atoms with Gasteiger partial charge in [-0.2, -0.15) is 23.5 Å². The Morgan fingerprint density at radius 2 is 2.18 bits per heavy atom. The highest BCUT2D eigenvalue weighted by Crippen LogP contribution is 2.50. The number of hydrogen-bond donors (Lipinski definition) is 1. The van der Waals surface area contributed by atoms with Crippen molar-refractivity contribution < 1.29 is 0 Å². The lowest BCUT2D eigenvalue weighted by atomic mass is 9.83. The zero-order valence-corrected chi connectivity index (χ0v) is 12.5. The molecule has 3 heteroatoms. The summed E-state index contributed by atoms with van der Waals surface area (Å²) in [5.41, 5.74) is 0. The first-order chi connectivity index (χ1) is 8.36. The fraction of sp³-hybridized carbons (Fsp3) is 1.00. The van der Waals surface area contributed by atoms with Gasteiger partial charge in [-0.3, -0.25) is 0 Å². The molecular formula is C14H25NS2. The van der Waals surface area contributed by atoms with Crippen molar-refractivity contribution in [3.05, 3.63) is 0 Å². The van der Waals surface area contributed by atoms with Crippen molar-refractivity contribution in [3.63, 3.8) is 0 Å². The number of rotatable bonds is 4. The van der Waals surface area contributed by atoms with Crippen molar-refractivity contribution >= 4 is 23.5 Å². The zero-order valence-electron chi connectivity index (χ0n) is 10.9. The first-order valence-electron chi connectivity index (χ1n) is 7.23. The molecule has 0 radical (unpaired) electrons. The molecule has 1 heterocycles. The molecule has 0 aromatic heterocycles. The van der Waals surface area contributed by atoms with Crippen molar-refractivity contribution in [3.8, 4) is 0 Å². The summed E-state index contributed by atoms with van der Waals surface area (Å²) in [5, 5.41) is 4.50. The third-order valence-electron chi connectivity index (χ3n) is 5.10. The van der Waals surface area contributed by atoms with E-state index in [9.17, 15) is 0 Å². The van der Waals surface area contributed by atoms with Gasteiger partial charge >= 0.3 is 0 Å². The Bertz CT molecular complexity index is 253. The molecule has 0 amide bonds. The van der Waals surface area contributed by atoms with Crippen LogP contribution in [0.25, 0.3) is 0 Å². The quantitative estimate of drug-likeness (QED) is 0.843. The Balaban J connectivity index is 1.54. The SMILES string of the molecule is CNC(CC1CC2CCC1C2)C1CSCCS1. The predicted molar refractivity (Wildman–Crippen MR) is 80.0 cm³/mol. The fourth-order valence-electron chi connectivity index (χ4n) is 4.19. The van der Waals surface area contributed by atoms with Crippen LogP contribution in [-0.2, 0) is 0 Å². The summed E-state index contributed by atoms with van der Waals surface area (Å²) >= 11 is 4.38. The van der Waals surface area contributed by atoms with Gasteiger partial charge < -0.3 is 5.32 Å². The Labute approximate surface area is 114 Å². The molecule has 5 unspecified atom stereocenters. The molecular weight excluding hydrogens is 246 g/mol. The lowest BCUT2D eigenvalue weighted by molar-refractivity contribution is 0.282. The maximum atomic E-state index is 3.62. The van der Waals surface area contributed by atoms with E-state index < -0.39 is 0 Å². The molecule has 17 heavy (non-hydrogen) atoms. The second-order valence-corrected chi connectivity index (χ2v) is 8.55. The highest BCUT2D eigenvalue weighted by Gasteiger charge is 2.40. The third-order valence-corrected chi connectivity index (χ3v) is 8.02. The number of hydrogen-bond acceptors (Lipinski definition) is 3. The number of fused-ring (bicyclic) bond motifs is 2. The minimum Gasteiger partial charge on any atom is -0.316 e. The van der Waals surface area contributed by atoms with Crippen LogP contribution in [0.15, 0.2) is 0 Å². The third kappa shape index (κ3) is 2.82. The molecule has 3 aliphatic rings. The minimum atomic E-state index is 0.775. The van der Waals surface area contributed by atoms with Crippen LogP contribution in [0.5, 0.6) is 0 Å². The van der Waals surface area contributed by atoms with Gasteiger partial charge in [0.15, 0.2) is 0 Å². The Kier molecular flexibility index (Phi) is 4.29. The van der Waals surface area contributed by atoms with Crippen LogP contribution in [0.4, 0.5) is 0 Å². The molecule has 1 saturated heterocycles. The summed E-state index contributed by atoms with van der Waals surface area (Å²) in [4.78, 5) is 0. The molecule has 5 atom stereocenters. The van der Waals surface area contributed by atoms with Gasteiger partial charge in [-0.25, -0.2) is 0 Å². The van der Waals surface area contributed by atoms with Crippen molar-refractivity contribution in [2.75, 3.05) is 24.3 Å². The zero-order chi connectivity index (χ0) is 11.7. The monoisotopic (exact) mass is 271 g/mol. The van der Waals surface area contributed by atoms with E-state index in [1.165, 1.54) is 23.7 Å². The largest absolute Gasteiger partial charge is 0.316 e. The van der Waals surface area contributed by atoms with Crippen LogP contribution in [0.3, 0.4) is 0 Å². The minimum absolute atomic E-state index is 0.775. The molecule has 2 bridgehead atoms. The second kappa shape index (κ2) is 5.75. The van der Waals surface area contributed by atoms with Crippen molar-refractivity contribution in [2.45, 2.75) is 43.4 Å². The smallest absolute Gasteiger partial charge is 0.0291 e. The average molecular weight is 271 g/mol. The summed E-state index contributed by atoms with van der Waals surface area (Å²) in [5.74, 6) is 7.36.